The number of benzene rings is 1. The Labute approximate surface area is 114 Å². The van der Waals surface area contributed by atoms with Gasteiger partial charge < -0.3 is 5.73 Å². The molecule has 20 heavy (non-hydrogen) atoms. The molecule has 0 atom stereocenters. The maximum atomic E-state index is 13.4. The van der Waals surface area contributed by atoms with Crippen molar-refractivity contribution in [1.82, 2.24) is 4.72 Å². The zero-order chi connectivity index (χ0) is 15.8. The van der Waals surface area contributed by atoms with Crippen LogP contribution in [0.25, 0.3) is 0 Å². The molecule has 0 heterocycles. The molecule has 0 aliphatic heterocycles. The van der Waals surface area contributed by atoms with Crippen LogP contribution in [0, 0.1) is 5.82 Å². The third-order valence-electron chi connectivity index (χ3n) is 2.48. The van der Waals surface area contributed by atoms with E-state index in [9.17, 15) is 26.0 Å². The van der Waals surface area contributed by atoms with Crippen LogP contribution in [0.1, 0.15) is 19.4 Å². The summed E-state index contributed by atoms with van der Waals surface area (Å²) in [7, 11) is -4.15. The molecule has 1 aromatic rings. The minimum Gasteiger partial charge on any atom is -0.329 e. The number of halogens is 4. The highest BCUT2D eigenvalue weighted by Crippen LogP contribution is 2.32. The van der Waals surface area contributed by atoms with Crippen molar-refractivity contribution in [2.24, 2.45) is 5.73 Å². The van der Waals surface area contributed by atoms with Gasteiger partial charge in [0.2, 0.25) is 10.0 Å². The average molecular weight is 314 g/mol. The van der Waals surface area contributed by atoms with Crippen LogP contribution in [-0.2, 0) is 16.2 Å². The van der Waals surface area contributed by atoms with Crippen molar-refractivity contribution in [2.45, 2.75) is 30.5 Å². The highest BCUT2D eigenvalue weighted by Gasteiger charge is 2.35. The van der Waals surface area contributed by atoms with Crippen molar-refractivity contribution in [3.63, 3.8) is 0 Å². The zero-order valence-corrected chi connectivity index (χ0v) is 11.6. The van der Waals surface area contributed by atoms with E-state index in [1.807, 2.05) is 0 Å². The molecule has 4 nitrogen and oxygen atoms in total. The maximum absolute atomic E-state index is 13.4. The molecule has 0 aliphatic rings. The van der Waals surface area contributed by atoms with E-state index < -0.39 is 38.0 Å². The summed E-state index contributed by atoms with van der Waals surface area (Å²) in [5.74, 6) is -1.65. The molecule has 0 radical (unpaired) electrons. The van der Waals surface area contributed by atoms with Gasteiger partial charge >= 0.3 is 6.18 Å². The lowest BCUT2D eigenvalue weighted by atomic mass is 10.1. The predicted octanol–water partition coefficient (Wildman–Crippen LogP) is 1.86. The molecule has 0 spiro atoms. The first-order chi connectivity index (χ1) is 8.89. The van der Waals surface area contributed by atoms with Gasteiger partial charge in [0, 0.05) is 12.1 Å². The molecular formula is C11H14F4N2O2S. The van der Waals surface area contributed by atoms with Gasteiger partial charge in [0.1, 0.15) is 5.82 Å². The molecule has 0 amide bonds. The second-order valence-corrected chi connectivity index (χ2v) is 6.52. The van der Waals surface area contributed by atoms with Gasteiger partial charge in [0.05, 0.1) is 10.5 Å². The van der Waals surface area contributed by atoms with Gasteiger partial charge in [0.15, 0.2) is 0 Å². The second kappa shape index (κ2) is 5.30. The minimum absolute atomic E-state index is 0.0324. The van der Waals surface area contributed by atoms with Gasteiger partial charge in [0.25, 0.3) is 0 Å². The van der Waals surface area contributed by atoms with E-state index in [0.29, 0.717) is 18.2 Å². The molecular weight excluding hydrogens is 300 g/mol. The highest BCUT2D eigenvalue weighted by molar-refractivity contribution is 7.89. The molecule has 0 aliphatic carbocycles. The Balaban J connectivity index is 3.20. The molecule has 0 fully saturated rings. The van der Waals surface area contributed by atoms with Crippen LogP contribution in [0.3, 0.4) is 0 Å². The Kier molecular flexibility index (Phi) is 4.47. The van der Waals surface area contributed by atoms with Gasteiger partial charge in [-0.3, -0.25) is 0 Å². The van der Waals surface area contributed by atoms with Crippen molar-refractivity contribution < 1.29 is 26.0 Å². The summed E-state index contributed by atoms with van der Waals surface area (Å²) in [6.07, 6.45) is -4.88. The molecule has 3 N–H and O–H groups in total. The van der Waals surface area contributed by atoms with Crippen LogP contribution >= 0.6 is 0 Å². The molecule has 0 aromatic heterocycles. The van der Waals surface area contributed by atoms with E-state index in [0.717, 1.165) is 0 Å². The quantitative estimate of drug-likeness (QED) is 0.833. The SMILES string of the molecule is CC(C)(CN)NS(=O)(=O)c1ccc(C(F)(F)F)c(F)c1. The Morgan fingerprint density at radius 3 is 2.20 bits per heavy atom. The molecule has 0 saturated heterocycles. The molecule has 0 bridgehead atoms. The summed E-state index contributed by atoms with van der Waals surface area (Å²) in [5.41, 5.74) is 2.83. The van der Waals surface area contributed by atoms with Crippen molar-refractivity contribution in [1.29, 1.82) is 0 Å². The van der Waals surface area contributed by atoms with Crippen LogP contribution in [0.15, 0.2) is 23.1 Å². The Bertz CT molecular complexity index is 597. The summed E-state index contributed by atoms with van der Waals surface area (Å²) in [4.78, 5) is -0.593. The van der Waals surface area contributed by atoms with Crippen LogP contribution in [0.4, 0.5) is 17.6 Å². The largest absolute Gasteiger partial charge is 0.419 e. The van der Waals surface area contributed by atoms with Gasteiger partial charge in [-0.1, -0.05) is 0 Å². The Hall–Kier alpha value is -1.19. The number of nitrogens with one attached hydrogen (secondary N) is 1. The summed E-state index contributed by atoms with van der Waals surface area (Å²) < 4.78 is 76.5. The fourth-order valence-electron chi connectivity index (χ4n) is 1.36. The Morgan fingerprint density at radius 2 is 1.80 bits per heavy atom. The van der Waals surface area contributed by atoms with E-state index in [1.54, 1.807) is 0 Å². The maximum Gasteiger partial charge on any atom is 0.419 e. The van der Waals surface area contributed by atoms with E-state index in [-0.39, 0.29) is 6.54 Å². The van der Waals surface area contributed by atoms with Gasteiger partial charge in [-0.25, -0.2) is 17.5 Å². The zero-order valence-electron chi connectivity index (χ0n) is 10.8. The number of alkyl halides is 3. The summed E-state index contributed by atoms with van der Waals surface area (Å²) in [5, 5.41) is 0. The van der Waals surface area contributed by atoms with E-state index in [1.165, 1.54) is 13.8 Å². The third kappa shape index (κ3) is 3.90. The number of sulfonamides is 1. The van der Waals surface area contributed by atoms with E-state index in [4.69, 9.17) is 5.73 Å². The van der Waals surface area contributed by atoms with Crippen LogP contribution in [-0.4, -0.2) is 20.5 Å². The van der Waals surface area contributed by atoms with E-state index >= 15 is 0 Å². The minimum atomic E-state index is -4.88. The van der Waals surface area contributed by atoms with E-state index in [2.05, 4.69) is 4.72 Å². The van der Waals surface area contributed by atoms with Crippen LogP contribution in [0.2, 0.25) is 0 Å². The fourth-order valence-corrected chi connectivity index (χ4v) is 2.79. The number of nitrogens with two attached hydrogens (primary N) is 1. The van der Waals surface area contributed by atoms with Crippen molar-refractivity contribution in [3.8, 4) is 0 Å². The average Bonchev–Trinajstić information content (AvgIpc) is 2.25. The topological polar surface area (TPSA) is 72.2 Å². The molecule has 1 aromatic carbocycles. The van der Waals surface area contributed by atoms with Crippen LogP contribution in [0.5, 0.6) is 0 Å². The van der Waals surface area contributed by atoms with Gasteiger partial charge in [-0.15, -0.1) is 0 Å². The number of hydrogen-bond acceptors (Lipinski definition) is 3. The molecule has 114 valence electrons. The monoisotopic (exact) mass is 314 g/mol. The second-order valence-electron chi connectivity index (χ2n) is 4.83. The van der Waals surface area contributed by atoms with Crippen LogP contribution < -0.4 is 10.5 Å². The van der Waals surface area contributed by atoms with Gasteiger partial charge in [-0.05, 0) is 32.0 Å². The summed E-state index contributed by atoms with van der Waals surface area (Å²) in [6.45, 7) is 2.95. The molecule has 0 saturated carbocycles. The normalized spacial score (nSPS) is 13.6. The summed E-state index contributed by atoms with van der Waals surface area (Å²) in [6, 6.07) is 1.41. The Morgan fingerprint density at radius 1 is 1.25 bits per heavy atom. The summed E-state index contributed by atoms with van der Waals surface area (Å²) >= 11 is 0. The van der Waals surface area contributed by atoms with Crippen molar-refractivity contribution in [2.75, 3.05) is 6.54 Å². The predicted molar refractivity (Wildman–Crippen MR) is 64.9 cm³/mol. The fraction of sp³-hybridized carbons (Fsp3) is 0.455. The number of rotatable bonds is 4. The van der Waals surface area contributed by atoms with Crippen molar-refractivity contribution in [3.05, 3.63) is 29.6 Å². The molecule has 0 unspecified atom stereocenters. The molecule has 9 heteroatoms. The first kappa shape index (κ1) is 16.9. The number of hydrogen-bond donors (Lipinski definition) is 2. The highest BCUT2D eigenvalue weighted by atomic mass is 32.2. The first-order valence-electron chi connectivity index (χ1n) is 5.50. The first-order valence-corrected chi connectivity index (χ1v) is 6.98. The lowest BCUT2D eigenvalue weighted by Gasteiger charge is -2.24. The van der Waals surface area contributed by atoms with Gasteiger partial charge in [-0.2, -0.15) is 13.2 Å². The molecule has 1 rings (SSSR count). The standard InChI is InChI=1S/C11H14F4N2O2S/c1-10(2,6-16)17-20(18,19)7-3-4-8(9(12)5-7)11(13,14)15/h3-5,17H,6,16H2,1-2H3. The lowest BCUT2D eigenvalue weighted by molar-refractivity contribution is -0.140. The smallest absolute Gasteiger partial charge is 0.329 e. The van der Waals surface area contributed by atoms with Crippen molar-refractivity contribution >= 4 is 10.0 Å². The third-order valence-corrected chi connectivity index (χ3v) is 4.17. The lowest BCUT2D eigenvalue weighted by Crippen LogP contribution is -2.48.